The first-order chi connectivity index (χ1) is 12.1. The molecule has 2 aromatic rings. The van der Waals surface area contributed by atoms with E-state index in [0.29, 0.717) is 12.1 Å². The van der Waals surface area contributed by atoms with Gasteiger partial charge in [0.1, 0.15) is 5.75 Å². The first-order valence-corrected chi connectivity index (χ1v) is 10.2. The third-order valence-electron chi connectivity index (χ3n) is 4.41. The van der Waals surface area contributed by atoms with Crippen molar-refractivity contribution in [1.82, 2.24) is 0 Å². The molecule has 25 heavy (non-hydrogen) atoms. The van der Waals surface area contributed by atoms with Crippen LogP contribution < -0.4 is 14.4 Å². The van der Waals surface area contributed by atoms with Crippen molar-refractivity contribution in [3.05, 3.63) is 54.1 Å². The standard InChI is InChI=1S/C19H24N2O3S/c1-24-19-6-4-5-16(15-19)11-14-25(22,23)20-17-7-9-18(10-8-17)21-12-2-3-13-21/h4-10,15,20H,2-3,11-14H2,1H3. The number of nitrogens with one attached hydrogen (secondary N) is 1. The average Bonchev–Trinajstić information content (AvgIpc) is 3.15. The molecule has 0 spiro atoms. The molecule has 2 aromatic carbocycles. The Morgan fingerprint density at radius 2 is 1.80 bits per heavy atom. The van der Waals surface area contributed by atoms with Crippen LogP contribution in [0.1, 0.15) is 18.4 Å². The summed E-state index contributed by atoms with van der Waals surface area (Å²) in [7, 11) is -1.79. The molecule has 134 valence electrons. The van der Waals surface area contributed by atoms with Crippen molar-refractivity contribution in [3.63, 3.8) is 0 Å². The molecular weight excluding hydrogens is 336 g/mol. The van der Waals surface area contributed by atoms with Crippen LogP contribution >= 0.6 is 0 Å². The van der Waals surface area contributed by atoms with E-state index in [1.807, 2.05) is 48.5 Å². The molecule has 0 atom stereocenters. The van der Waals surface area contributed by atoms with Gasteiger partial charge in [-0.15, -0.1) is 0 Å². The summed E-state index contributed by atoms with van der Waals surface area (Å²) in [6.45, 7) is 2.15. The molecule has 0 unspecified atom stereocenters. The van der Waals surface area contributed by atoms with Gasteiger partial charge in [-0.1, -0.05) is 12.1 Å². The van der Waals surface area contributed by atoms with Gasteiger partial charge in [0.25, 0.3) is 0 Å². The number of rotatable bonds is 7. The summed E-state index contributed by atoms with van der Waals surface area (Å²) < 4.78 is 32.5. The number of ether oxygens (including phenoxy) is 1. The zero-order valence-electron chi connectivity index (χ0n) is 14.4. The van der Waals surface area contributed by atoms with Gasteiger partial charge in [0.15, 0.2) is 0 Å². The highest BCUT2D eigenvalue weighted by Crippen LogP contribution is 2.22. The maximum Gasteiger partial charge on any atom is 0.233 e. The van der Waals surface area contributed by atoms with E-state index >= 15 is 0 Å². The lowest BCUT2D eigenvalue weighted by Gasteiger charge is -2.18. The first-order valence-electron chi connectivity index (χ1n) is 8.54. The largest absolute Gasteiger partial charge is 0.497 e. The number of nitrogens with zero attached hydrogens (tertiary/aromatic N) is 1. The second kappa shape index (κ2) is 7.78. The van der Waals surface area contributed by atoms with Gasteiger partial charge in [0, 0.05) is 24.5 Å². The van der Waals surface area contributed by atoms with Crippen molar-refractivity contribution in [3.8, 4) is 5.75 Å². The molecule has 1 aliphatic heterocycles. The smallest absolute Gasteiger partial charge is 0.233 e. The molecule has 1 fully saturated rings. The van der Waals surface area contributed by atoms with Crippen LogP contribution in [0.25, 0.3) is 0 Å². The highest BCUT2D eigenvalue weighted by molar-refractivity contribution is 7.92. The van der Waals surface area contributed by atoms with E-state index in [2.05, 4.69) is 9.62 Å². The van der Waals surface area contributed by atoms with Gasteiger partial charge in [-0.05, 0) is 61.2 Å². The fourth-order valence-electron chi connectivity index (χ4n) is 3.03. The van der Waals surface area contributed by atoms with E-state index in [9.17, 15) is 8.42 Å². The lowest BCUT2D eigenvalue weighted by atomic mass is 10.2. The van der Waals surface area contributed by atoms with E-state index in [-0.39, 0.29) is 5.75 Å². The van der Waals surface area contributed by atoms with E-state index in [4.69, 9.17) is 4.74 Å². The topological polar surface area (TPSA) is 58.6 Å². The highest BCUT2D eigenvalue weighted by Gasteiger charge is 2.14. The first kappa shape index (κ1) is 17.6. The molecule has 1 heterocycles. The number of aryl methyl sites for hydroxylation is 1. The molecular formula is C19H24N2O3S. The Labute approximate surface area is 149 Å². The predicted octanol–water partition coefficient (Wildman–Crippen LogP) is 3.28. The van der Waals surface area contributed by atoms with Gasteiger partial charge in [0.05, 0.1) is 12.9 Å². The van der Waals surface area contributed by atoms with Crippen LogP contribution in [0, 0.1) is 0 Å². The minimum absolute atomic E-state index is 0.0358. The maximum atomic E-state index is 12.3. The van der Waals surface area contributed by atoms with Crippen LogP contribution in [-0.4, -0.2) is 34.4 Å². The molecule has 0 radical (unpaired) electrons. The van der Waals surface area contributed by atoms with Gasteiger partial charge in [-0.3, -0.25) is 4.72 Å². The molecule has 0 amide bonds. The number of benzene rings is 2. The van der Waals surface area contributed by atoms with Gasteiger partial charge < -0.3 is 9.64 Å². The number of hydrogen-bond acceptors (Lipinski definition) is 4. The van der Waals surface area contributed by atoms with E-state index in [1.165, 1.54) is 12.8 Å². The maximum absolute atomic E-state index is 12.3. The molecule has 0 bridgehead atoms. The molecule has 0 saturated carbocycles. The van der Waals surface area contributed by atoms with E-state index in [0.717, 1.165) is 30.1 Å². The Morgan fingerprint density at radius 1 is 1.08 bits per heavy atom. The average molecular weight is 360 g/mol. The van der Waals surface area contributed by atoms with Crippen LogP contribution in [0.15, 0.2) is 48.5 Å². The second-order valence-electron chi connectivity index (χ2n) is 6.26. The summed E-state index contributed by atoms with van der Waals surface area (Å²) >= 11 is 0. The number of sulfonamides is 1. The Hall–Kier alpha value is -2.21. The molecule has 3 rings (SSSR count). The van der Waals surface area contributed by atoms with Gasteiger partial charge in [0.2, 0.25) is 10.0 Å². The van der Waals surface area contributed by atoms with Gasteiger partial charge in [-0.25, -0.2) is 8.42 Å². The Morgan fingerprint density at radius 3 is 2.48 bits per heavy atom. The third kappa shape index (κ3) is 4.89. The van der Waals surface area contributed by atoms with E-state index in [1.54, 1.807) is 7.11 Å². The Balaban J connectivity index is 1.58. The molecule has 0 aliphatic carbocycles. The Bertz CT molecular complexity index is 798. The van der Waals surface area contributed by atoms with Crippen LogP contribution in [0.4, 0.5) is 11.4 Å². The highest BCUT2D eigenvalue weighted by atomic mass is 32.2. The van der Waals surface area contributed by atoms with Crippen LogP contribution in [-0.2, 0) is 16.4 Å². The van der Waals surface area contributed by atoms with Crippen molar-refractivity contribution in [2.75, 3.05) is 35.6 Å². The molecule has 5 nitrogen and oxygen atoms in total. The van der Waals surface area contributed by atoms with Crippen molar-refractivity contribution in [2.45, 2.75) is 19.3 Å². The van der Waals surface area contributed by atoms with E-state index < -0.39 is 10.0 Å². The van der Waals surface area contributed by atoms with Gasteiger partial charge >= 0.3 is 0 Å². The summed E-state index contributed by atoms with van der Waals surface area (Å²) in [6, 6.07) is 15.1. The van der Waals surface area contributed by atoms with Crippen LogP contribution in [0.2, 0.25) is 0 Å². The monoisotopic (exact) mass is 360 g/mol. The van der Waals surface area contributed by atoms with Crippen molar-refractivity contribution >= 4 is 21.4 Å². The molecule has 0 aromatic heterocycles. The van der Waals surface area contributed by atoms with Crippen LogP contribution in [0.5, 0.6) is 5.75 Å². The molecule has 1 N–H and O–H groups in total. The lowest BCUT2D eigenvalue weighted by Crippen LogP contribution is -2.19. The molecule has 6 heteroatoms. The number of hydrogen-bond donors (Lipinski definition) is 1. The zero-order chi connectivity index (χ0) is 17.7. The lowest BCUT2D eigenvalue weighted by molar-refractivity contribution is 0.414. The summed E-state index contributed by atoms with van der Waals surface area (Å²) in [6.07, 6.45) is 2.88. The van der Waals surface area contributed by atoms with Crippen molar-refractivity contribution < 1.29 is 13.2 Å². The minimum atomic E-state index is -3.39. The molecule has 1 aliphatic rings. The fraction of sp³-hybridized carbons (Fsp3) is 0.368. The quantitative estimate of drug-likeness (QED) is 0.823. The Kier molecular flexibility index (Phi) is 5.48. The summed E-state index contributed by atoms with van der Waals surface area (Å²) in [5.74, 6) is 0.772. The third-order valence-corrected chi connectivity index (χ3v) is 5.69. The summed E-state index contributed by atoms with van der Waals surface area (Å²) in [5, 5.41) is 0. The molecule has 1 saturated heterocycles. The van der Waals surface area contributed by atoms with Crippen LogP contribution in [0.3, 0.4) is 0 Å². The SMILES string of the molecule is COc1cccc(CCS(=O)(=O)Nc2ccc(N3CCCC3)cc2)c1. The normalized spacial score (nSPS) is 14.5. The fourth-order valence-corrected chi connectivity index (χ4v) is 4.13. The number of methoxy groups -OCH3 is 1. The summed E-state index contributed by atoms with van der Waals surface area (Å²) in [4.78, 5) is 2.32. The summed E-state index contributed by atoms with van der Waals surface area (Å²) in [5.41, 5.74) is 2.69. The van der Waals surface area contributed by atoms with Gasteiger partial charge in [-0.2, -0.15) is 0 Å². The zero-order valence-corrected chi connectivity index (χ0v) is 15.3. The van der Waals surface area contributed by atoms with Crippen molar-refractivity contribution in [2.24, 2.45) is 0 Å². The minimum Gasteiger partial charge on any atom is -0.497 e. The predicted molar refractivity (Wildman–Crippen MR) is 102 cm³/mol. The second-order valence-corrected chi connectivity index (χ2v) is 8.11. The number of anilines is 2. The van der Waals surface area contributed by atoms with Crippen molar-refractivity contribution in [1.29, 1.82) is 0 Å².